The Bertz CT molecular complexity index is 479. The number of rotatable bonds is 5. The zero-order valence-corrected chi connectivity index (χ0v) is 13.2. The van der Waals surface area contributed by atoms with Gasteiger partial charge in [0.05, 0.1) is 7.11 Å². The summed E-state index contributed by atoms with van der Waals surface area (Å²) in [5.41, 5.74) is 0.378. The van der Waals surface area contributed by atoms with Crippen molar-refractivity contribution in [1.29, 1.82) is 0 Å². The van der Waals surface area contributed by atoms with E-state index in [0.29, 0.717) is 12.1 Å². The third kappa shape index (κ3) is 4.08. The molecule has 0 saturated carbocycles. The molecule has 1 aliphatic rings. The number of nitrogens with zero attached hydrogens (tertiary/aromatic N) is 1. The highest BCUT2D eigenvalue weighted by atomic mass is 35.5. The standard InChI is InChI=1S/C15H21FN2O2.ClH/c1-3-8-18(12-6-7-17-10-12)15(19)11-4-5-14(20-2)13(16)9-11;/h4-5,9,12,17H,3,6-8,10H2,1-2H3;1H. The van der Waals surface area contributed by atoms with Gasteiger partial charge in [-0.25, -0.2) is 4.39 Å². The van der Waals surface area contributed by atoms with Crippen molar-refractivity contribution in [3.05, 3.63) is 29.6 Å². The Morgan fingerprint density at radius 1 is 1.52 bits per heavy atom. The molecule has 0 spiro atoms. The van der Waals surface area contributed by atoms with Crippen LogP contribution in [0.1, 0.15) is 30.1 Å². The van der Waals surface area contributed by atoms with E-state index in [2.05, 4.69) is 5.32 Å². The SMILES string of the molecule is CCCN(C(=O)c1ccc(OC)c(F)c1)C1CCNC1.Cl. The molecule has 1 saturated heterocycles. The number of nitrogens with one attached hydrogen (secondary N) is 1. The highest BCUT2D eigenvalue weighted by Crippen LogP contribution is 2.20. The van der Waals surface area contributed by atoms with E-state index in [0.717, 1.165) is 25.9 Å². The fraction of sp³-hybridized carbons (Fsp3) is 0.533. The predicted octanol–water partition coefficient (Wildman–Crippen LogP) is 2.47. The van der Waals surface area contributed by atoms with Crippen LogP contribution in [-0.2, 0) is 0 Å². The van der Waals surface area contributed by atoms with Crippen molar-refractivity contribution in [1.82, 2.24) is 10.2 Å². The second-order valence-corrected chi connectivity index (χ2v) is 4.99. The van der Waals surface area contributed by atoms with Gasteiger partial charge in [0.25, 0.3) is 5.91 Å². The molecule has 1 unspecified atom stereocenters. The van der Waals surface area contributed by atoms with Crippen LogP contribution in [0.4, 0.5) is 4.39 Å². The normalized spacial score (nSPS) is 17.2. The Kier molecular flexibility index (Phi) is 6.92. The maximum absolute atomic E-state index is 13.7. The molecule has 6 heteroatoms. The Balaban J connectivity index is 0.00000220. The lowest BCUT2D eigenvalue weighted by atomic mass is 10.1. The van der Waals surface area contributed by atoms with Crippen molar-refractivity contribution in [3.63, 3.8) is 0 Å². The van der Waals surface area contributed by atoms with Crippen molar-refractivity contribution in [2.75, 3.05) is 26.7 Å². The van der Waals surface area contributed by atoms with E-state index >= 15 is 0 Å². The summed E-state index contributed by atoms with van der Waals surface area (Å²) in [6.07, 6.45) is 1.84. The van der Waals surface area contributed by atoms with Crippen LogP contribution in [0.2, 0.25) is 0 Å². The molecule has 1 aromatic rings. The van der Waals surface area contributed by atoms with Crippen LogP contribution in [0.3, 0.4) is 0 Å². The monoisotopic (exact) mass is 316 g/mol. The van der Waals surface area contributed by atoms with Crippen LogP contribution in [0.5, 0.6) is 5.75 Å². The van der Waals surface area contributed by atoms with Gasteiger partial charge in [0.2, 0.25) is 0 Å². The first-order valence-corrected chi connectivity index (χ1v) is 7.02. The van der Waals surface area contributed by atoms with Crippen LogP contribution in [0.25, 0.3) is 0 Å². The maximum Gasteiger partial charge on any atom is 0.254 e. The van der Waals surface area contributed by atoms with Gasteiger partial charge in [0.1, 0.15) is 0 Å². The highest BCUT2D eigenvalue weighted by molar-refractivity contribution is 5.94. The molecule has 1 aliphatic heterocycles. The molecule has 1 amide bonds. The minimum Gasteiger partial charge on any atom is -0.494 e. The van der Waals surface area contributed by atoms with Crippen molar-refractivity contribution in [2.24, 2.45) is 0 Å². The van der Waals surface area contributed by atoms with E-state index in [-0.39, 0.29) is 30.1 Å². The average Bonchev–Trinajstić information content (AvgIpc) is 2.97. The van der Waals surface area contributed by atoms with Gasteiger partial charge in [-0.05, 0) is 37.6 Å². The van der Waals surface area contributed by atoms with Crippen LogP contribution in [0.15, 0.2) is 18.2 Å². The van der Waals surface area contributed by atoms with Gasteiger partial charge in [-0.1, -0.05) is 6.92 Å². The van der Waals surface area contributed by atoms with E-state index in [9.17, 15) is 9.18 Å². The van der Waals surface area contributed by atoms with Gasteiger partial charge in [0.15, 0.2) is 11.6 Å². The molecule has 1 atom stereocenters. The number of halogens is 2. The van der Waals surface area contributed by atoms with Crippen LogP contribution in [0, 0.1) is 5.82 Å². The number of carbonyl (C=O) groups is 1. The molecule has 0 aliphatic carbocycles. The molecule has 4 nitrogen and oxygen atoms in total. The highest BCUT2D eigenvalue weighted by Gasteiger charge is 2.27. The molecular weight excluding hydrogens is 295 g/mol. The van der Waals surface area contributed by atoms with E-state index < -0.39 is 5.82 Å². The molecule has 0 aromatic heterocycles. The third-order valence-electron chi connectivity index (χ3n) is 3.60. The Hall–Kier alpha value is -1.33. The summed E-state index contributed by atoms with van der Waals surface area (Å²) in [4.78, 5) is 14.4. The summed E-state index contributed by atoms with van der Waals surface area (Å²) in [5, 5.41) is 3.26. The van der Waals surface area contributed by atoms with Crippen LogP contribution in [-0.4, -0.2) is 43.6 Å². The minimum absolute atomic E-state index is 0. The molecule has 1 heterocycles. The predicted molar refractivity (Wildman–Crippen MR) is 82.8 cm³/mol. The summed E-state index contributed by atoms with van der Waals surface area (Å²) in [6, 6.07) is 4.58. The first kappa shape index (κ1) is 17.7. The third-order valence-corrected chi connectivity index (χ3v) is 3.60. The number of hydrogen-bond acceptors (Lipinski definition) is 3. The molecule has 0 radical (unpaired) electrons. The van der Waals surface area contributed by atoms with Crippen molar-refractivity contribution in [2.45, 2.75) is 25.8 Å². The van der Waals surface area contributed by atoms with E-state index in [1.807, 2.05) is 11.8 Å². The largest absolute Gasteiger partial charge is 0.494 e. The quantitative estimate of drug-likeness (QED) is 0.907. The number of benzene rings is 1. The lowest BCUT2D eigenvalue weighted by Gasteiger charge is -2.28. The fourth-order valence-electron chi connectivity index (χ4n) is 2.56. The second-order valence-electron chi connectivity index (χ2n) is 4.99. The summed E-state index contributed by atoms with van der Waals surface area (Å²) >= 11 is 0. The van der Waals surface area contributed by atoms with E-state index in [1.165, 1.54) is 19.2 Å². The van der Waals surface area contributed by atoms with Crippen molar-refractivity contribution < 1.29 is 13.9 Å². The summed E-state index contributed by atoms with van der Waals surface area (Å²) in [5.74, 6) is -0.451. The number of hydrogen-bond donors (Lipinski definition) is 1. The molecule has 1 N–H and O–H groups in total. The van der Waals surface area contributed by atoms with Gasteiger partial charge in [-0.3, -0.25) is 4.79 Å². The Morgan fingerprint density at radius 3 is 2.81 bits per heavy atom. The molecule has 21 heavy (non-hydrogen) atoms. The smallest absolute Gasteiger partial charge is 0.254 e. The number of amides is 1. The van der Waals surface area contributed by atoms with Gasteiger partial charge in [-0.2, -0.15) is 0 Å². The average molecular weight is 317 g/mol. The first-order chi connectivity index (χ1) is 9.67. The van der Waals surface area contributed by atoms with Crippen molar-refractivity contribution >= 4 is 18.3 Å². The van der Waals surface area contributed by atoms with Crippen LogP contribution >= 0.6 is 12.4 Å². The summed E-state index contributed by atoms with van der Waals surface area (Å²) in [6.45, 7) is 4.47. The van der Waals surface area contributed by atoms with Gasteiger partial charge >= 0.3 is 0 Å². The molecule has 2 rings (SSSR count). The lowest BCUT2D eigenvalue weighted by molar-refractivity contribution is 0.0691. The molecule has 1 fully saturated rings. The van der Waals surface area contributed by atoms with E-state index in [4.69, 9.17) is 4.74 Å². The topological polar surface area (TPSA) is 41.6 Å². The number of ether oxygens (including phenoxy) is 1. The number of methoxy groups -OCH3 is 1. The second kappa shape index (κ2) is 8.20. The summed E-state index contributed by atoms with van der Waals surface area (Å²) in [7, 11) is 1.41. The molecular formula is C15H22ClFN2O2. The Labute approximate surface area is 131 Å². The van der Waals surface area contributed by atoms with Gasteiger partial charge in [-0.15, -0.1) is 12.4 Å². The maximum atomic E-state index is 13.7. The minimum atomic E-state index is -0.501. The van der Waals surface area contributed by atoms with E-state index in [1.54, 1.807) is 6.07 Å². The van der Waals surface area contributed by atoms with Gasteiger partial charge < -0.3 is 15.0 Å². The van der Waals surface area contributed by atoms with Gasteiger partial charge in [0, 0.05) is 24.7 Å². The van der Waals surface area contributed by atoms with Crippen LogP contribution < -0.4 is 10.1 Å². The molecule has 118 valence electrons. The first-order valence-electron chi connectivity index (χ1n) is 7.02. The number of carbonyl (C=O) groups excluding carboxylic acids is 1. The zero-order valence-electron chi connectivity index (χ0n) is 12.4. The molecule has 1 aromatic carbocycles. The fourth-order valence-corrected chi connectivity index (χ4v) is 2.56. The Morgan fingerprint density at radius 2 is 2.29 bits per heavy atom. The molecule has 0 bridgehead atoms. The van der Waals surface area contributed by atoms with Crippen molar-refractivity contribution in [3.8, 4) is 5.75 Å². The lowest BCUT2D eigenvalue weighted by Crippen LogP contribution is -2.42. The summed E-state index contributed by atoms with van der Waals surface area (Å²) < 4.78 is 18.6. The zero-order chi connectivity index (χ0) is 14.5.